The number of carboxylic acids is 1. The maximum atomic E-state index is 12.8. The Bertz CT molecular complexity index is 1500. The van der Waals surface area contributed by atoms with Crippen LogP contribution in [0.2, 0.25) is 0 Å². The van der Waals surface area contributed by atoms with E-state index in [0.29, 0.717) is 29.1 Å². The highest BCUT2D eigenvalue weighted by Gasteiger charge is 2.43. The number of aliphatic carboxylic acids is 1. The van der Waals surface area contributed by atoms with Crippen molar-refractivity contribution < 1.29 is 24.2 Å². The second-order valence-corrected chi connectivity index (χ2v) is 8.73. The van der Waals surface area contributed by atoms with Crippen molar-refractivity contribution >= 4 is 47.9 Å². The average Bonchev–Trinajstić information content (AvgIpc) is 3.24. The van der Waals surface area contributed by atoms with Gasteiger partial charge in [0.25, 0.3) is 0 Å². The Labute approximate surface area is 223 Å². The molecule has 5 rings (SSSR count). The zero-order valence-corrected chi connectivity index (χ0v) is 20.8. The molecule has 0 radical (unpaired) electrons. The molecule has 3 atom stereocenters. The summed E-state index contributed by atoms with van der Waals surface area (Å²) in [6.07, 6.45) is 3.40. The van der Waals surface area contributed by atoms with Gasteiger partial charge in [0.1, 0.15) is 17.8 Å². The van der Waals surface area contributed by atoms with Crippen LogP contribution in [0.25, 0.3) is 11.1 Å². The molecule has 11 heteroatoms. The molecule has 3 N–H and O–H groups in total. The molecule has 0 spiro atoms. The van der Waals surface area contributed by atoms with Crippen molar-refractivity contribution in [3.8, 4) is 16.9 Å². The number of nitrogens with zero attached hydrogens (tertiary/aromatic N) is 4. The third kappa shape index (κ3) is 5.23. The molecule has 2 unspecified atom stereocenters. The SMILES string of the molecule is COc1cccc(NC(=O)N[C@H]2C=NN(C=O)C2C2N=Cc3c(cccc3-c3ccccc3)N=C2C(=O)O)c1. The Morgan fingerprint density at radius 3 is 2.59 bits per heavy atom. The molecule has 0 bridgehead atoms. The van der Waals surface area contributed by atoms with Gasteiger partial charge < -0.3 is 20.5 Å². The van der Waals surface area contributed by atoms with Crippen LogP contribution in [0.3, 0.4) is 0 Å². The molecule has 196 valence electrons. The van der Waals surface area contributed by atoms with E-state index in [9.17, 15) is 19.5 Å². The summed E-state index contributed by atoms with van der Waals surface area (Å²) in [5, 5.41) is 20.7. The van der Waals surface area contributed by atoms with Crippen LogP contribution in [0.15, 0.2) is 87.9 Å². The topological polar surface area (TPSA) is 145 Å². The molecule has 2 aliphatic heterocycles. The molecule has 3 aromatic rings. The Morgan fingerprint density at radius 2 is 1.85 bits per heavy atom. The van der Waals surface area contributed by atoms with Crippen molar-refractivity contribution in [2.24, 2.45) is 15.1 Å². The van der Waals surface area contributed by atoms with Crippen molar-refractivity contribution in [1.29, 1.82) is 0 Å². The van der Waals surface area contributed by atoms with Gasteiger partial charge in [-0.05, 0) is 29.3 Å². The molecule has 39 heavy (non-hydrogen) atoms. The fraction of sp³-hybridized carbons (Fsp3) is 0.143. The second-order valence-electron chi connectivity index (χ2n) is 8.73. The van der Waals surface area contributed by atoms with Crippen molar-refractivity contribution in [2.45, 2.75) is 18.1 Å². The van der Waals surface area contributed by atoms with Crippen molar-refractivity contribution in [3.63, 3.8) is 0 Å². The number of urea groups is 1. The van der Waals surface area contributed by atoms with E-state index in [1.54, 1.807) is 42.6 Å². The van der Waals surface area contributed by atoms with Crippen LogP contribution in [0.1, 0.15) is 5.56 Å². The van der Waals surface area contributed by atoms with Gasteiger partial charge in [-0.3, -0.25) is 9.79 Å². The van der Waals surface area contributed by atoms with Gasteiger partial charge in [-0.2, -0.15) is 5.10 Å². The zero-order chi connectivity index (χ0) is 27.4. The first-order chi connectivity index (χ1) is 19.0. The Kier molecular flexibility index (Phi) is 7.13. The molecule has 2 heterocycles. The number of anilines is 1. The van der Waals surface area contributed by atoms with Gasteiger partial charge in [0.15, 0.2) is 5.71 Å². The first-order valence-corrected chi connectivity index (χ1v) is 12.0. The number of methoxy groups -OCH3 is 1. The fourth-order valence-corrected chi connectivity index (χ4v) is 4.56. The molecule has 11 nitrogen and oxygen atoms in total. The normalized spacial score (nSPS) is 19.5. The summed E-state index contributed by atoms with van der Waals surface area (Å²) < 4.78 is 5.18. The van der Waals surface area contributed by atoms with Gasteiger partial charge in [-0.15, -0.1) is 0 Å². The predicted molar refractivity (Wildman–Crippen MR) is 147 cm³/mol. The number of benzene rings is 3. The number of amides is 3. The summed E-state index contributed by atoms with van der Waals surface area (Å²) in [5.74, 6) is -0.739. The number of carbonyl (C=O) groups is 3. The first kappa shape index (κ1) is 25.3. The number of aliphatic imine (C=N–C) groups is 2. The van der Waals surface area contributed by atoms with E-state index in [0.717, 1.165) is 16.1 Å². The van der Waals surface area contributed by atoms with Gasteiger partial charge in [-0.25, -0.2) is 19.6 Å². The molecular formula is C28H24N6O5. The van der Waals surface area contributed by atoms with E-state index in [1.807, 2.05) is 36.4 Å². The van der Waals surface area contributed by atoms with Gasteiger partial charge in [0.05, 0.1) is 18.8 Å². The lowest BCUT2D eigenvalue weighted by atomic mass is 9.97. The Hall–Kier alpha value is -5.32. The number of hydrogen-bond acceptors (Lipinski definition) is 7. The maximum absolute atomic E-state index is 12.8. The summed E-state index contributed by atoms with van der Waals surface area (Å²) in [6, 6.07) is 18.2. The number of ether oxygens (including phenoxy) is 1. The quantitative estimate of drug-likeness (QED) is 0.406. The third-order valence-corrected chi connectivity index (χ3v) is 6.36. The highest BCUT2D eigenvalue weighted by Crippen LogP contribution is 2.33. The molecule has 0 fully saturated rings. The van der Waals surface area contributed by atoms with Gasteiger partial charge in [-0.1, -0.05) is 48.5 Å². The van der Waals surface area contributed by atoms with Crippen LogP contribution in [0.4, 0.5) is 16.2 Å². The highest BCUT2D eigenvalue weighted by molar-refractivity contribution is 6.39. The van der Waals surface area contributed by atoms with Crippen LogP contribution >= 0.6 is 0 Å². The van der Waals surface area contributed by atoms with Crippen LogP contribution in [-0.4, -0.2) is 71.9 Å². The van der Waals surface area contributed by atoms with E-state index < -0.39 is 30.1 Å². The van der Waals surface area contributed by atoms with Gasteiger partial charge in [0, 0.05) is 29.7 Å². The molecule has 3 amide bonds. The molecule has 0 aromatic heterocycles. The maximum Gasteiger partial charge on any atom is 0.352 e. The first-order valence-electron chi connectivity index (χ1n) is 12.0. The molecule has 0 aliphatic carbocycles. The van der Waals surface area contributed by atoms with Crippen molar-refractivity contribution in [3.05, 3.63) is 78.4 Å². The van der Waals surface area contributed by atoms with E-state index in [-0.39, 0.29) is 5.71 Å². The van der Waals surface area contributed by atoms with Crippen molar-refractivity contribution in [1.82, 2.24) is 10.3 Å². The van der Waals surface area contributed by atoms with E-state index >= 15 is 0 Å². The summed E-state index contributed by atoms with van der Waals surface area (Å²) in [7, 11) is 1.52. The lowest BCUT2D eigenvalue weighted by molar-refractivity contribution is -0.130. The largest absolute Gasteiger partial charge is 0.497 e. The number of hydrogen-bond donors (Lipinski definition) is 3. The van der Waals surface area contributed by atoms with Crippen molar-refractivity contribution in [2.75, 3.05) is 12.4 Å². The van der Waals surface area contributed by atoms with E-state index in [2.05, 4.69) is 25.7 Å². The Morgan fingerprint density at radius 1 is 1.05 bits per heavy atom. The molecule has 0 saturated heterocycles. The van der Waals surface area contributed by atoms with Crippen LogP contribution in [0.5, 0.6) is 5.75 Å². The highest BCUT2D eigenvalue weighted by atomic mass is 16.5. The predicted octanol–water partition coefficient (Wildman–Crippen LogP) is 3.34. The van der Waals surface area contributed by atoms with E-state index in [4.69, 9.17) is 4.74 Å². The number of carboxylic acid groups (broad SMARTS) is 1. The second kappa shape index (κ2) is 11.0. The van der Waals surface area contributed by atoms with Crippen LogP contribution < -0.4 is 15.4 Å². The van der Waals surface area contributed by atoms with Crippen LogP contribution in [-0.2, 0) is 9.59 Å². The number of hydrazone groups is 1. The standard InChI is InChI=1S/C28H24N6O5/c1-39-19-10-5-9-18(13-19)31-28(38)33-23-15-30-34(16-35)26(23)24-25(27(36)37)32-22-12-6-11-20(21(22)14-29-24)17-7-3-2-4-8-17/h2-16,23-24,26H,1H3,(H,36,37)(H2,31,33,38)/t23-,24?,26?/m0/s1. The minimum absolute atomic E-state index is 0.280. The third-order valence-electron chi connectivity index (χ3n) is 6.36. The molecule has 3 aromatic carbocycles. The summed E-state index contributed by atoms with van der Waals surface area (Å²) in [6.45, 7) is 0. The zero-order valence-electron chi connectivity index (χ0n) is 20.8. The molecule has 2 aliphatic rings. The molecular weight excluding hydrogens is 500 g/mol. The molecule has 0 saturated carbocycles. The minimum Gasteiger partial charge on any atom is -0.497 e. The monoisotopic (exact) mass is 524 g/mol. The minimum atomic E-state index is -1.30. The Balaban J connectivity index is 1.47. The van der Waals surface area contributed by atoms with E-state index in [1.165, 1.54) is 13.3 Å². The number of rotatable bonds is 7. The number of fused-ring (bicyclic) bond motifs is 1. The lowest BCUT2D eigenvalue weighted by Gasteiger charge is -2.28. The summed E-state index contributed by atoms with van der Waals surface area (Å²) >= 11 is 0. The number of carbonyl (C=O) groups excluding carboxylic acids is 2. The smallest absolute Gasteiger partial charge is 0.352 e. The number of nitrogens with one attached hydrogen (secondary N) is 2. The van der Waals surface area contributed by atoms with Gasteiger partial charge in [0.2, 0.25) is 6.41 Å². The average molecular weight is 525 g/mol. The lowest BCUT2D eigenvalue weighted by Crippen LogP contribution is -2.55. The fourth-order valence-electron chi connectivity index (χ4n) is 4.56. The van der Waals surface area contributed by atoms with Crippen LogP contribution in [0, 0.1) is 0 Å². The summed E-state index contributed by atoms with van der Waals surface area (Å²) in [5.41, 5.74) is 3.01. The van der Waals surface area contributed by atoms with Gasteiger partial charge >= 0.3 is 12.0 Å². The summed E-state index contributed by atoms with van der Waals surface area (Å²) in [4.78, 5) is 46.2.